The fourth-order valence-corrected chi connectivity index (χ4v) is 1.18. The van der Waals surface area contributed by atoms with Gasteiger partial charge in [0.05, 0.1) is 6.04 Å². The van der Waals surface area contributed by atoms with E-state index < -0.39 is 0 Å². The molecule has 0 saturated carbocycles. The molecule has 0 radical (unpaired) electrons. The molecule has 5 nitrogen and oxygen atoms in total. The lowest BCUT2D eigenvalue weighted by atomic mass is 10.1. The highest BCUT2D eigenvalue weighted by Crippen LogP contribution is 2.13. The van der Waals surface area contributed by atoms with Crippen LogP contribution in [-0.4, -0.2) is 29.9 Å². The largest absolute Gasteiger partial charge is 0.342 e. The molecular weight excluding hydrogens is 156 g/mol. The highest BCUT2D eigenvalue weighted by atomic mass is 16.2. The average molecular weight is 168 g/mol. The van der Waals surface area contributed by atoms with Crippen molar-refractivity contribution in [1.29, 1.82) is 0 Å². The summed E-state index contributed by atoms with van der Waals surface area (Å²) in [4.78, 5) is 15.6. The molecule has 1 saturated heterocycles. The van der Waals surface area contributed by atoms with Crippen molar-refractivity contribution < 1.29 is 4.79 Å². The maximum absolute atomic E-state index is 11.2. The average Bonchev–Trinajstić information content (AvgIpc) is 1.96. The molecule has 5 heteroatoms. The Morgan fingerprint density at radius 1 is 1.75 bits per heavy atom. The zero-order valence-electron chi connectivity index (χ0n) is 7.10. The number of carbonyl (C=O) groups is 1. The van der Waals surface area contributed by atoms with E-state index in [2.05, 4.69) is 10.0 Å². The minimum Gasteiger partial charge on any atom is -0.342 e. The van der Waals surface area contributed by atoms with Crippen molar-refractivity contribution in [2.45, 2.75) is 25.8 Å². The van der Waals surface area contributed by atoms with E-state index in [9.17, 15) is 4.79 Å². The Morgan fingerprint density at radius 3 is 2.92 bits per heavy atom. The quantitative estimate of drug-likeness (QED) is 0.356. The SMILES string of the molecule is CCCC(=O)N1CC(N=[N+]=[N-])C1. The van der Waals surface area contributed by atoms with Gasteiger partial charge in [-0.2, -0.15) is 0 Å². The van der Waals surface area contributed by atoms with E-state index in [1.165, 1.54) is 0 Å². The molecule has 0 spiro atoms. The van der Waals surface area contributed by atoms with Gasteiger partial charge in [0.2, 0.25) is 5.91 Å². The van der Waals surface area contributed by atoms with Gasteiger partial charge in [-0.15, -0.1) is 0 Å². The molecule has 0 aromatic heterocycles. The van der Waals surface area contributed by atoms with Crippen LogP contribution in [0.25, 0.3) is 10.4 Å². The van der Waals surface area contributed by atoms with Crippen LogP contribution >= 0.6 is 0 Å². The lowest BCUT2D eigenvalue weighted by molar-refractivity contribution is -0.135. The molecule has 0 unspecified atom stereocenters. The fourth-order valence-electron chi connectivity index (χ4n) is 1.18. The summed E-state index contributed by atoms with van der Waals surface area (Å²) in [6.07, 6.45) is 1.48. The molecule has 66 valence electrons. The van der Waals surface area contributed by atoms with E-state index in [1.807, 2.05) is 6.92 Å². The summed E-state index contributed by atoms with van der Waals surface area (Å²) in [7, 11) is 0. The molecule has 1 aliphatic rings. The van der Waals surface area contributed by atoms with E-state index in [4.69, 9.17) is 5.53 Å². The topological polar surface area (TPSA) is 69.1 Å². The van der Waals surface area contributed by atoms with E-state index in [-0.39, 0.29) is 11.9 Å². The zero-order chi connectivity index (χ0) is 8.97. The second-order valence-electron chi connectivity index (χ2n) is 2.91. The van der Waals surface area contributed by atoms with Gasteiger partial charge in [-0.25, -0.2) is 0 Å². The number of likely N-dealkylation sites (tertiary alicyclic amines) is 1. The van der Waals surface area contributed by atoms with E-state index in [0.717, 1.165) is 6.42 Å². The first kappa shape index (κ1) is 8.87. The molecule has 1 aliphatic heterocycles. The van der Waals surface area contributed by atoms with Crippen LogP contribution in [0, 0.1) is 0 Å². The highest BCUT2D eigenvalue weighted by Gasteiger charge is 2.28. The molecule has 1 amide bonds. The monoisotopic (exact) mass is 168 g/mol. The molecule has 0 aromatic carbocycles. The van der Waals surface area contributed by atoms with Crippen molar-refractivity contribution >= 4 is 5.91 Å². The van der Waals surface area contributed by atoms with Crippen LogP contribution in [0.1, 0.15) is 19.8 Å². The standard InChI is InChI=1S/C7H12N4O/c1-2-3-7(12)11-4-6(5-11)9-10-8/h6H,2-5H2,1H3. The minimum absolute atomic E-state index is 0.0100. The Labute approximate surface area is 71.0 Å². The lowest BCUT2D eigenvalue weighted by Gasteiger charge is -2.36. The number of rotatable bonds is 3. The third-order valence-corrected chi connectivity index (χ3v) is 1.89. The van der Waals surface area contributed by atoms with Crippen molar-refractivity contribution in [3.63, 3.8) is 0 Å². The predicted molar refractivity (Wildman–Crippen MR) is 44.4 cm³/mol. The summed E-state index contributed by atoms with van der Waals surface area (Å²) in [5.41, 5.74) is 8.08. The number of hydrogen-bond donors (Lipinski definition) is 0. The van der Waals surface area contributed by atoms with Crippen molar-refractivity contribution in [1.82, 2.24) is 4.90 Å². The molecule has 0 bridgehead atoms. The van der Waals surface area contributed by atoms with Crippen molar-refractivity contribution in [3.8, 4) is 0 Å². The Bertz CT molecular complexity index is 215. The van der Waals surface area contributed by atoms with Crippen molar-refractivity contribution in [3.05, 3.63) is 10.4 Å². The normalized spacial score (nSPS) is 16.6. The first-order valence-electron chi connectivity index (χ1n) is 4.10. The summed E-state index contributed by atoms with van der Waals surface area (Å²) in [5.74, 6) is 0.168. The molecule has 0 N–H and O–H groups in total. The second kappa shape index (κ2) is 3.97. The third-order valence-electron chi connectivity index (χ3n) is 1.89. The van der Waals surface area contributed by atoms with Crippen LogP contribution in [0.3, 0.4) is 0 Å². The molecule has 1 heterocycles. The van der Waals surface area contributed by atoms with Gasteiger partial charge < -0.3 is 4.90 Å². The number of nitrogens with zero attached hydrogens (tertiary/aromatic N) is 4. The van der Waals surface area contributed by atoms with Crippen LogP contribution in [0.2, 0.25) is 0 Å². The number of azide groups is 1. The molecular formula is C7H12N4O. The first-order chi connectivity index (χ1) is 5.77. The maximum atomic E-state index is 11.2. The molecule has 0 atom stereocenters. The third kappa shape index (κ3) is 1.89. The summed E-state index contributed by atoms with van der Waals surface area (Å²) in [5, 5.41) is 3.51. The van der Waals surface area contributed by atoms with Gasteiger partial charge >= 0.3 is 0 Å². The smallest absolute Gasteiger partial charge is 0.222 e. The summed E-state index contributed by atoms with van der Waals surface area (Å²) >= 11 is 0. The van der Waals surface area contributed by atoms with Crippen LogP contribution < -0.4 is 0 Å². The molecule has 12 heavy (non-hydrogen) atoms. The number of hydrogen-bond acceptors (Lipinski definition) is 2. The summed E-state index contributed by atoms with van der Waals surface area (Å²) < 4.78 is 0. The van der Waals surface area contributed by atoms with Crippen LogP contribution in [0.5, 0.6) is 0 Å². The van der Waals surface area contributed by atoms with Gasteiger partial charge in [-0.1, -0.05) is 12.0 Å². The van der Waals surface area contributed by atoms with E-state index in [1.54, 1.807) is 4.90 Å². The summed E-state index contributed by atoms with van der Waals surface area (Å²) in [6.45, 7) is 3.17. The number of carbonyl (C=O) groups excluding carboxylic acids is 1. The maximum Gasteiger partial charge on any atom is 0.222 e. The minimum atomic E-state index is 0.0100. The first-order valence-corrected chi connectivity index (χ1v) is 4.10. The molecule has 1 rings (SSSR count). The Hall–Kier alpha value is -1.22. The Balaban J connectivity index is 2.24. The van der Waals surface area contributed by atoms with Gasteiger partial charge in [0.25, 0.3) is 0 Å². The molecule has 0 aromatic rings. The van der Waals surface area contributed by atoms with Crippen LogP contribution in [0.15, 0.2) is 5.11 Å². The van der Waals surface area contributed by atoms with Gasteiger partial charge in [0, 0.05) is 24.4 Å². The summed E-state index contributed by atoms with van der Waals surface area (Å²) in [6, 6.07) is 0.0100. The highest BCUT2D eigenvalue weighted by molar-refractivity contribution is 5.77. The molecule has 1 fully saturated rings. The zero-order valence-corrected chi connectivity index (χ0v) is 7.10. The van der Waals surface area contributed by atoms with Crippen LogP contribution in [-0.2, 0) is 4.79 Å². The van der Waals surface area contributed by atoms with Gasteiger partial charge in [0.1, 0.15) is 0 Å². The fraction of sp³-hybridized carbons (Fsp3) is 0.857. The second-order valence-corrected chi connectivity index (χ2v) is 2.91. The molecule has 0 aliphatic carbocycles. The van der Waals surface area contributed by atoms with Crippen molar-refractivity contribution in [2.24, 2.45) is 5.11 Å². The van der Waals surface area contributed by atoms with Crippen molar-refractivity contribution in [2.75, 3.05) is 13.1 Å². The lowest BCUT2D eigenvalue weighted by Crippen LogP contribution is -2.52. The number of amides is 1. The van der Waals surface area contributed by atoms with Gasteiger partial charge in [-0.3, -0.25) is 4.79 Å². The van der Waals surface area contributed by atoms with Crippen LogP contribution in [0.4, 0.5) is 0 Å². The van der Waals surface area contributed by atoms with E-state index in [0.29, 0.717) is 19.5 Å². The predicted octanol–water partition coefficient (Wildman–Crippen LogP) is 1.31. The van der Waals surface area contributed by atoms with Gasteiger partial charge in [-0.05, 0) is 12.0 Å². The van der Waals surface area contributed by atoms with Gasteiger partial charge in [0.15, 0.2) is 0 Å². The van der Waals surface area contributed by atoms with E-state index >= 15 is 0 Å². The Kier molecular flexibility index (Phi) is 2.94. The Morgan fingerprint density at radius 2 is 2.42 bits per heavy atom.